The zero-order valence-electron chi connectivity index (χ0n) is 29.1. The standard InChI is InChI=1S/C34H49N9O7/c1-20(2)29(39-30(45)21(3)35-4)33(48)42-19-24-17-27(42)32(47)38-26(16-22-10-6-5-7-11-22)31(46)37-25(34(49)50)12-8-9-15-36-28(44)14-13-23-18-43(24)41-40-23/h5-7,10-11,18,20-21,24-27,29,35H,8-9,12-17,19H2,1-4H3,(H,36,44)(H,37,46)(H,38,47)(H,39,45)(H,49,50)/t21-,24-,25-,26-,27-,29-/m0/s1. The van der Waals surface area contributed by atoms with Crippen LogP contribution in [0.3, 0.4) is 0 Å². The highest BCUT2D eigenvalue weighted by Gasteiger charge is 2.45. The van der Waals surface area contributed by atoms with Crippen LogP contribution in [0.15, 0.2) is 36.5 Å². The average molecular weight is 696 g/mol. The molecule has 0 radical (unpaired) electrons. The number of rotatable bonds is 8. The van der Waals surface area contributed by atoms with Crippen molar-refractivity contribution in [2.24, 2.45) is 5.92 Å². The maximum absolute atomic E-state index is 14.2. The van der Waals surface area contributed by atoms with Gasteiger partial charge in [-0.1, -0.05) is 49.4 Å². The van der Waals surface area contributed by atoms with E-state index in [1.54, 1.807) is 63.0 Å². The molecule has 16 heteroatoms. The van der Waals surface area contributed by atoms with Crippen LogP contribution in [-0.4, -0.2) is 111 Å². The van der Waals surface area contributed by atoms with Gasteiger partial charge in [-0.15, -0.1) is 5.10 Å². The van der Waals surface area contributed by atoms with E-state index in [1.165, 1.54) is 4.90 Å². The number of nitrogens with zero attached hydrogens (tertiary/aromatic N) is 4. The number of aliphatic carboxylic acids is 1. The second-order valence-corrected chi connectivity index (χ2v) is 13.3. The molecule has 272 valence electrons. The number of amides is 5. The number of hydrogen-bond acceptors (Lipinski definition) is 9. The van der Waals surface area contributed by atoms with Crippen molar-refractivity contribution in [1.29, 1.82) is 0 Å². The highest BCUT2D eigenvalue weighted by atomic mass is 16.4. The summed E-state index contributed by atoms with van der Waals surface area (Å²) in [5, 5.41) is 32.3. The first-order valence-corrected chi connectivity index (χ1v) is 17.2. The van der Waals surface area contributed by atoms with Gasteiger partial charge in [0.15, 0.2) is 0 Å². The molecule has 50 heavy (non-hydrogen) atoms. The van der Waals surface area contributed by atoms with Crippen LogP contribution in [-0.2, 0) is 41.6 Å². The number of carbonyl (C=O) groups is 6. The van der Waals surface area contributed by atoms with Gasteiger partial charge in [0.05, 0.1) is 17.8 Å². The molecule has 2 aliphatic rings. The van der Waals surface area contributed by atoms with Crippen molar-refractivity contribution in [1.82, 2.24) is 46.5 Å². The lowest BCUT2D eigenvalue weighted by Gasteiger charge is -2.31. The fourth-order valence-electron chi connectivity index (χ4n) is 6.09. The number of likely N-dealkylation sites (tertiary alicyclic amines) is 1. The van der Waals surface area contributed by atoms with Gasteiger partial charge in [0.2, 0.25) is 29.5 Å². The summed E-state index contributed by atoms with van der Waals surface area (Å²) in [7, 11) is 1.63. The third-order valence-corrected chi connectivity index (χ3v) is 9.23. The molecule has 0 saturated carbocycles. The highest BCUT2D eigenvalue weighted by molar-refractivity contribution is 5.96. The Morgan fingerprint density at radius 2 is 1.76 bits per heavy atom. The molecular formula is C34H49N9O7. The van der Waals surface area contributed by atoms with Gasteiger partial charge in [-0.05, 0) is 44.7 Å². The molecule has 4 bridgehead atoms. The summed E-state index contributed by atoms with van der Waals surface area (Å²) >= 11 is 0. The third kappa shape index (κ3) is 10.1. The molecule has 0 aliphatic carbocycles. The van der Waals surface area contributed by atoms with Crippen molar-refractivity contribution < 1.29 is 33.9 Å². The van der Waals surface area contributed by atoms with E-state index in [0.717, 1.165) is 5.56 Å². The van der Waals surface area contributed by atoms with Gasteiger partial charge in [-0.25, -0.2) is 9.48 Å². The lowest BCUT2D eigenvalue weighted by molar-refractivity contribution is -0.144. The van der Waals surface area contributed by atoms with E-state index in [2.05, 4.69) is 36.9 Å². The smallest absolute Gasteiger partial charge is 0.326 e. The van der Waals surface area contributed by atoms with Crippen molar-refractivity contribution in [3.05, 3.63) is 47.8 Å². The van der Waals surface area contributed by atoms with Gasteiger partial charge in [-0.2, -0.15) is 0 Å². The van der Waals surface area contributed by atoms with Crippen LogP contribution >= 0.6 is 0 Å². The van der Waals surface area contributed by atoms with Crippen LogP contribution in [0.5, 0.6) is 0 Å². The molecule has 5 amide bonds. The predicted octanol–water partition coefficient (Wildman–Crippen LogP) is -0.302. The van der Waals surface area contributed by atoms with Crippen LogP contribution in [0.4, 0.5) is 0 Å². The first-order chi connectivity index (χ1) is 23.9. The molecule has 16 nitrogen and oxygen atoms in total. The van der Waals surface area contributed by atoms with Gasteiger partial charge in [0.1, 0.15) is 24.2 Å². The molecule has 6 atom stereocenters. The number of hydrogen-bond donors (Lipinski definition) is 6. The van der Waals surface area contributed by atoms with E-state index in [9.17, 15) is 33.9 Å². The molecule has 0 unspecified atom stereocenters. The number of benzene rings is 1. The number of carboxylic acids is 1. The molecule has 6 N–H and O–H groups in total. The first-order valence-electron chi connectivity index (χ1n) is 17.2. The van der Waals surface area contributed by atoms with Crippen LogP contribution < -0.4 is 26.6 Å². The first kappa shape index (κ1) is 38.0. The molecule has 1 fully saturated rings. The second-order valence-electron chi connectivity index (χ2n) is 13.3. The molecule has 2 aliphatic heterocycles. The van der Waals surface area contributed by atoms with Gasteiger partial charge in [0.25, 0.3) is 0 Å². The fraction of sp³-hybridized carbons (Fsp3) is 0.588. The second kappa shape index (κ2) is 17.7. The lowest BCUT2D eigenvalue weighted by Crippen LogP contribution is -2.59. The van der Waals surface area contributed by atoms with Crippen molar-refractivity contribution in [2.75, 3.05) is 20.1 Å². The summed E-state index contributed by atoms with van der Waals surface area (Å²) in [6.45, 7) is 5.68. The quantitative estimate of drug-likeness (QED) is 0.212. The minimum Gasteiger partial charge on any atom is -0.480 e. The molecule has 1 aromatic carbocycles. The number of likely N-dealkylation sites (N-methyl/N-ethyl adjacent to an activating group) is 1. The van der Waals surface area contributed by atoms with Gasteiger partial charge in [0, 0.05) is 45.0 Å². The minimum atomic E-state index is -1.22. The number of carbonyl (C=O) groups excluding carboxylic acids is 5. The van der Waals surface area contributed by atoms with E-state index in [0.29, 0.717) is 31.5 Å². The van der Waals surface area contributed by atoms with Gasteiger partial charge < -0.3 is 36.6 Å². The highest BCUT2D eigenvalue weighted by Crippen LogP contribution is 2.29. The minimum absolute atomic E-state index is 0.0670. The van der Waals surface area contributed by atoms with Crippen molar-refractivity contribution in [3.63, 3.8) is 0 Å². The van der Waals surface area contributed by atoms with E-state index in [1.807, 2.05) is 6.07 Å². The Kier molecular flexibility index (Phi) is 13.4. The lowest BCUT2D eigenvalue weighted by atomic mass is 10.0. The number of aryl methyl sites for hydroxylation is 1. The number of fused-ring (bicyclic) bond motifs is 5. The number of nitrogens with one attached hydrogen (secondary N) is 5. The predicted molar refractivity (Wildman–Crippen MR) is 181 cm³/mol. The van der Waals surface area contributed by atoms with E-state index in [-0.39, 0.29) is 50.0 Å². The van der Waals surface area contributed by atoms with Crippen LogP contribution in [0.25, 0.3) is 0 Å². The van der Waals surface area contributed by atoms with Crippen LogP contribution in [0.1, 0.15) is 70.2 Å². The summed E-state index contributed by atoms with van der Waals surface area (Å²) in [6.07, 6.45) is 3.43. The molecular weight excluding hydrogens is 646 g/mol. The van der Waals surface area contributed by atoms with E-state index >= 15 is 0 Å². The maximum Gasteiger partial charge on any atom is 0.326 e. The van der Waals surface area contributed by atoms with E-state index in [4.69, 9.17) is 0 Å². The number of carboxylic acid groups (broad SMARTS) is 1. The monoisotopic (exact) mass is 695 g/mol. The zero-order chi connectivity index (χ0) is 36.4. The Labute approximate surface area is 291 Å². The van der Waals surface area contributed by atoms with Crippen molar-refractivity contribution in [2.45, 2.75) is 102 Å². The van der Waals surface area contributed by atoms with Crippen LogP contribution in [0.2, 0.25) is 0 Å². The number of aromatic nitrogens is 3. The third-order valence-electron chi connectivity index (χ3n) is 9.23. The summed E-state index contributed by atoms with van der Waals surface area (Å²) in [6, 6.07) is 3.56. The molecule has 0 spiro atoms. The van der Waals surface area contributed by atoms with E-state index < -0.39 is 59.9 Å². The van der Waals surface area contributed by atoms with Gasteiger partial charge >= 0.3 is 5.97 Å². The Bertz CT molecular complexity index is 1520. The van der Waals surface area contributed by atoms with Crippen molar-refractivity contribution in [3.8, 4) is 0 Å². The SMILES string of the molecule is CN[C@@H](C)C(=O)N[C@H](C(=O)N1C[C@@H]2C[C@H]1C(=O)N[C@@H](Cc1ccccc1)C(=O)N[C@H](C(=O)O)CCCCNC(=O)CCc1cn2nn1)C(C)C. The average Bonchev–Trinajstić information content (AvgIpc) is 3.76. The molecule has 4 rings (SSSR count). The molecule has 1 aromatic heterocycles. The molecule has 2 aromatic rings. The van der Waals surface area contributed by atoms with Crippen LogP contribution in [0, 0.1) is 5.92 Å². The van der Waals surface area contributed by atoms with Gasteiger partial charge in [-0.3, -0.25) is 24.0 Å². The molecule has 1 saturated heterocycles. The summed E-state index contributed by atoms with van der Waals surface area (Å²) in [4.78, 5) is 81.0. The Morgan fingerprint density at radius 3 is 2.44 bits per heavy atom. The Hall–Kier alpha value is -4.86. The largest absolute Gasteiger partial charge is 0.480 e. The maximum atomic E-state index is 14.2. The fourth-order valence-corrected chi connectivity index (χ4v) is 6.09. The normalized spacial score (nSPS) is 23.6. The Balaban J connectivity index is 1.69. The van der Waals surface area contributed by atoms with Crippen molar-refractivity contribution >= 4 is 35.5 Å². The summed E-state index contributed by atoms with van der Waals surface area (Å²) in [5.41, 5.74) is 1.30. The molecule has 3 heterocycles. The zero-order valence-corrected chi connectivity index (χ0v) is 29.1. The summed E-state index contributed by atoms with van der Waals surface area (Å²) in [5.74, 6) is -3.86. The topological polar surface area (TPSA) is 217 Å². The summed E-state index contributed by atoms with van der Waals surface area (Å²) < 4.78 is 1.58. The Morgan fingerprint density at radius 1 is 1.02 bits per heavy atom.